The molecule has 0 radical (unpaired) electrons. The van der Waals surface area contributed by atoms with E-state index < -0.39 is 5.97 Å². The number of methoxy groups -OCH3 is 2. The summed E-state index contributed by atoms with van der Waals surface area (Å²) in [6, 6.07) is 19.1. The van der Waals surface area contributed by atoms with E-state index in [1.165, 1.54) is 6.92 Å². The minimum absolute atomic E-state index is 0.0581. The number of hydrogen-bond acceptors (Lipinski definition) is 6. The van der Waals surface area contributed by atoms with Crippen molar-refractivity contribution in [3.8, 4) is 45.5 Å². The van der Waals surface area contributed by atoms with Gasteiger partial charge in [0.2, 0.25) is 11.8 Å². The van der Waals surface area contributed by atoms with Crippen LogP contribution < -0.4 is 19.5 Å². The maximum Gasteiger partial charge on any atom is 0.309 e. The summed E-state index contributed by atoms with van der Waals surface area (Å²) < 4.78 is 18.6. The third-order valence-electron chi connectivity index (χ3n) is 7.47. The quantitative estimate of drug-likeness (QED) is 0.239. The molecular formula is C33H35N3O5. The Morgan fingerprint density at radius 3 is 2.15 bits per heavy atom. The van der Waals surface area contributed by atoms with Crippen molar-refractivity contribution in [3.05, 3.63) is 71.8 Å². The summed E-state index contributed by atoms with van der Waals surface area (Å²) >= 11 is 0. The van der Waals surface area contributed by atoms with Gasteiger partial charge in [-0.25, -0.2) is 0 Å². The number of rotatable bonds is 8. The summed E-state index contributed by atoms with van der Waals surface area (Å²) in [5.74, 6) is 1.16. The van der Waals surface area contributed by atoms with Gasteiger partial charge in [-0.05, 0) is 73.7 Å². The maximum atomic E-state index is 12.7. The van der Waals surface area contributed by atoms with Crippen LogP contribution in [-0.4, -0.2) is 35.9 Å². The number of benzene rings is 3. The lowest BCUT2D eigenvalue weighted by molar-refractivity contribution is -0.132. The first-order valence-corrected chi connectivity index (χ1v) is 13.8. The van der Waals surface area contributed by atoms with Crippen molar-refractivity contribution in [1.29, 1.82) is 0 Å². The Morgan fingerprint density at radius 2 is 1.54 bits per heavy atom. The Bertz CT molecular complexity index is 1560. The number of amides is 1. The highest BCUT2D eigenvalue weighted by Gasteiger charge is 2.27. The Morgan fingerprint density at radius 1 is 0.878 bits per heavy atom. The van der Waals surface area contributed by atoms with Crippen molar-refractivity contribution >= 4 is 17.6 Å². The number of hydrogen-bond donors (Lipinski definition) is 1. The third-order valence-corrected chi connectivity index (χ3v) is 7.47. The fourth-order valence-corrected chi connectivity index (χ4v) is 5.30. The van der Waals surface area contributed by atoms with Gasteiger partial charge in [0.1, 0.15) is 17.2 Å². The van der Waals surface area contributed by atoms with Gasteiger partial charge < -0.3 is 19.5 Å². The van der Waals surface area contributed by atoms with E-state index in [0.29, 0.717) is 34.3 Å². The van der Waals surface area contributed by atoms with E-state index in [0.717, 1.165) is 53.6 Å². The molecule has 5 rings (SSSR count). The normalized spacial score (nSPS) is 13.2. The Balaban J connectivity index is 1.69. The number of aryl methyl sites for hydroxylation is 2. The molecule has 1 fully saturated rings. The van der Waals surface area contributed by atoms with Crippen LogP contribution in [0.4, 0.5) is 5.69 Å². The number of carbonyl (C=O) groups excluding carboxylic acids is 2. The molecule has 0 saturated heterocycles. The van der Waals surface area contributed by atoms with Crippen LogP contribution in [-0.2, 0) is 9.59 Å². The summed E-state index contributed by atoms with van der Waals surface area (Å²) in [7, 11) is 3.19. The van der Waals surface area contributed by atoms with Crippen molar-refractivity contribution in [2.45, 2.75) is 46.5 Å². The van der Waals surface area contributed by atoms with Gasteiger partial charge in [-0.1, -0.05) is 37.1 Å². The topological polar surface area (TPSA) is 91.7 Å². The van der Waals surface area contributed by atoms with Crippen LogP contribution in [0.25, 0.3) is 28.1 Å². The predicted molar refractivity (Wildman–Crippen MR) is 159 cm³/mol. The van der Waals surface area contributed by atoms with E-state index in [9.17, 15) is 9.59 Å². The third kappa shape index (κ3) is 5.96. The molecule has 0 bridgehead atoms. The molecule has 1 saturated carbocycles. The van der Waals surface area contributed by atoms with Crippen LogP contribution in [0.5, 0.6) is 17.4 Å². The van der Waals surface area contributed by atoms with E-state index in [-0.39, 0.29) is 11.8 Å². The van der Waals surface area contributed by atoms with Crippen LogP contribution >= 0.6 is 0 Å². The van der Waals surface area contributed by atoms with Crippen LogP contribution in [0.15, 0.2) is 60.7 Å². The van der Waals surface area contributed by atoms with E-state index in [4.69, 9.17) is 19.3 Å². The van der Waals surface area contributed by atoms with E-state index in [1.54, 1.807) is 25.0 Å². The number of nitrogens with zero attached hydrogens (tertiary/aromatic N) is 2. The van der Waals surface area contributed by atoms with E-state index in [1.807, 2.05) is 68.4 Å². The predicted octanol–water partition coefficient (Wildman–Crippen LogP) is 6.89. The van der Waals surface area contributed by atoms with Crippen LogP contribution in [0.1, 0.15) is 43.7 Å². The highest BCUT2D eigenvalue weighted by Crippen LogP contribution is 2.43. The second-order valence-corrected chi connectivity index (χ2v) is 10.5. The maximum absolute atomic E-state index is 12.7. The summed E-state index contributed by atoms with van der Waals surface area (Å²) in [4.78, 5) is 25.1. The van der Waals surface area contributed by atoms with Gasteiger partial charge in [-0.3, -0.25) is 9.59 Å². The minimum atomic E-state index is -0.465. The number of anilines is 1. The fraction of sp³-hybridized carbons (Fsp3) is 0.303. The SMILES string of the molecule is COc1cc(OC)cc(-c2nn(-c3cc(C)ccc3C)c(OC(C)=O)c2-c2ccc(NC(=O)C3CCCC3)cc2)c1. The van der Waals surface area contributed by atoms with Crippen molar-refractivity contribution < 1.29 is 23.8 Å². The summed E-state index contributed by atoms with van der Waals surface area (Å²) in [5, 5.41) is 8.07. The fourth-order valence-electron chi connectivity index (χ4n) is 5.30. The molecule has 3 aromatic carbocycles. The zero-order chi connectivity index (χ0) is 29.1. The lowest BCUT2D eigenvalue weighted by Gasteiger charge is -2.13. The minimum Gasteiger partial charge on any atom is -0.497 e. The molecule has 1 aliphatic rings. The zero-order valence-corrected chi connectivity index (χ0v) is 24.1. The van der Waals surface area contributed by atoms with Gasteiger partial charge >= 0.3 is 5.97 Å². The van der Waals surface area contributed by atoms with Gasteiger partial charge in [0.15, 0.2) is 0 Å². The summed E-state index contributed by atoms with van der Waals surface area (Å²) in [5.41, 5.74) is 6.24. The molecule has 1 N–H and O–H groups in total. The molecule has 0 spiro atoms. The molecule has 1 amide bonds. The zero-order valence-electron chi connectivity index (χ0n) is 24.1. The van der Waals surface area contributed by atoms with E-state index >= 15 is 0 Å². The average molecular weight is 554 g/mol. The Hall–Kier alpha value is -4.59. The van der Waals surface area contributed by atoms with Crippen LogP contribution in [0, 0.1) is 19.8 Å². The first-order chi connectivity index (χ1) is 19.8. The molecule has 0 aliphatic heterocycles. The second-order valence-electron chi connectivity index (χ2n) is 10.5. The lowest BCUT2D eigenvalue weighted by atomic mass is 10.00. The van der Waals surface area contributed by atoms with Crippen LogP contribution in [0.2, 0.25) is 0 Å². The second kappa shape index (κ2) is 11.9. The van der Waals surface area contributed by atoms with Gasteiger partial charge in [-0.2, -0.15) is 9.78 Å². The highest BCUT2D eigenvalue weighted by atomic mass is 16.5. The molecule has 0 unspecified atom stereocenters. The first-order valence-electron chi connectivity index (χ1n) is 13.8. The number of nitrogens with one attached hydrogen (secondary N) is 1. The number of carbonyl (C=O) groups is 2. The van der Waals surface area contributed by atoms with Gasteiger partial charge in [0.25, 0.3) is 0 Å². The summed E-state index contributed by atoms with van der Waals surface area (Å²) in [6.45, 7) is 5.37. The molecule has 0 atom stereocenters. The molecule has 41 heavy (non-hydrogen) atoms. The molecule has 8 heteroatoms. The Labute approximate surface area is 240 Å². The first kappa shape index (κ1) is 28.0. The molecule has 1 aromatic heterocycles. The molecule has 4 aromatic rings. The summed E-state index contributed by atoms with van der Waals surface area (Å²) in [6.07, 6.45) is 4.05. The highest BCUT2D eigenvalue weighted by molar-refractivity contribution is 5.94. The van der Waals surface area contributed by atoms with Crippen molar-refractivity contribution in [2.24, 2.45) is 5.92 Å². The lowest BCUT2D eigenvalue weighted by Crippen LogP contribution is -2.20. The average Bonchev–Trinajstić information content (AvgIpc) is 3.63. The Kier molecular flexibility index (Phi) is 8.10. The molecule has 1 heterocycles. The molecule has 212 valence electrons. The van der Waals surface area contributed by atoms with Crippen molar-refractivity contribution in [3.63, 3.8) is 0 Å². The largest absolute Gasteiger partial charge is 0.497 e. The van der Waals surface area contributed by atoms with Crippen molar-refractivity contribution in [2.75, 3.05) is 19.5 Å². The molecule has 1 aliphatic carbocycles. The van der Waals surface area contributed by atoms with Gasteiger partial charge in [0.05, 0.1) is 25.5 Å². The van der Waals surface area contributed by atoms with Gasteiger partial charge in [-0.15, -0.1) is 0 Å². The smallest absolute Gasteiger partial charge is 0.309 e. The molecule has 8 nitrogen and oxygen atoms in total. The number of aromatic nitrogens is 2. The standard InChI is InChI=1S/C33H35N3O5/c1-20-10-11-21(2)29(16-20)36-33(41-22(3)37)30(31(35-36)25-17-27(39-4)19-28(18-25)40-5)23-12-14-26(15-13-23)34-32(38)24-8-6-7-9-24/h10-19,24H,6-9H2,1-5H3,(H,34,38). The van der Waals surface area contributed by atoms with E-state index in [2.05, 4.69) is 5.32 Å². The molecular weight excluding hydrogens is 518 g/mol. The van der Waals surface area contributed by atoms with Crippen LogP contribution in [0.3, 0.4) is 0 Å². The van der Waals surface area contributed by atoms with Gasteiger partial charge in [0, 0.05) is 30.2 Å². The van der Waals surface area contributed by atoms with Crippen molar-refractivity contribution in [1.82, 2.24) is 9.78 Å². The number of ether oxygens (including phenoxy) is 3. The monoisotopic (exact) mass is 553 g/mol. The number of esters is 1.